The molecule has 8 heteroatoms. The summed E-state index contributed by atoms with van der Waals surface area (Å²) in [5.41, 5.74) is 6.40. The Morgan fingerprint density at radius 1 is 1.47 bits per heavy atom. The lowest BCUT2D eigenvalue weighted by Crippen LogP contribution is -2.28. The fourth-order valence-electron chi connectivity index (χ4n) is 1.40. The molecule has 0 fully saturated rings. The molecule has 2 aromatic heterocycles. The van der Waals surface area contributed by atoms with Gasteiger partial charge in [-0.2, -0.15) is 0 Å². The van der Waals surface area contributed by atoms with Gasteiger partial charge in [-0.3, -0.25) is 14.5 Å². The van der Waals surface area contributed by atoms with Gasteiger partial charge in [0.1, 0.15) is 10.7 Å². The highest BCUT2D eigenvalue weighted by atomic mass is 32.1. The molecule has 7 nitrogen and oxygen atoms in total. The van der Waals surface area contributed by atoms with E-state index >= 15 is 0 Å². The number of thiocarbonyl (C=S) groups is 1. The molecule has 0 spiro atoms. The van der Waals surface area contributed by atoms with Crippen molar-refractivity contribution in [2.45, 2.75) is 6.54 Å². The van der Waals surface area contributed by atoms with E-state index in [1.807, 2.05) is 0 Å². The van der Waals surface area contributed by atoms with Crippen LogP contribution in [0, 0.1) is 0 Å². The number of rotatable bonds is 5. The lowest BCUT2D eigenvalue weighted by molar-refractivity contribution is 0.0947. The molecule has 19 heavy (non-hydrogen) atoms. The molecule has 2 rings (SSSR count). The van der Waals surface area contributed by atoms with Gasteiger partial charge in [0.25, 0.3) is 5.91 Å². The summed E-state index contributed by atoms with van der Waals surface area (Å²) in [6, 6.07) is 3.25. The van der Waals surface area contributed by atoms with Gasteiger partial charge in [0.2, 0.25) is 0 Å². The van der Waals surface area contributed by atoms with Crippen LogP contribution in [0.4, 0.5) is 0 Å². The SMILES string of the molecule is NC(=S)c1ccc(C(=O)NCCn2ccnn2)nc1. The number of aromatic nitrogens is 4. The van der Waals surface area contributed by atoms with Crippen molar-refractivity contribution in [2.75, 3.05) is 6.54 Å². The van der Waals surface area contributed by atoms with Crippen LogP contribution in [0.3, 0.4) is 0 Å². The van der Waals surface area contributed by atoms with Crippen LogP contribution in [0.1, 0.15) is 16.1 Å². The Labute approximate surface area is 114 Å². The summed E-state index contributed by atoms with van der Waals surface area (Å²) in [5.74, 6) is -0.255. The van der Waals surface area contributed by atoms with Crippen LogP contribution in [0.2, 0.25) is 0 Å². The van der Waals surface area contributed by atoms with Crippen LogP contribution in [0.25, 0.3) is 0 Å². The van der Waals surface area contributed by atoms with E-state index in [4.69, 9.17) is 18.0 Å². The number of nitrogens with one attached hydrogen (secondary N) is 1. The van der Waals surface area contributed by atoms with Gasteiger partial charge in [0.05, 0.1) is 12.7 Å². The Kier molecular flexibility index (Phi) is 4.14. The van der Waals surface area contributed by atoms with Crippen LogP contribution in [0.15, 0.2) is 30.7 Å². The van der Waals surface area contributed by atoms with Crippen molar-refractivity contribution in [2.24, 2.45) is 5.73 Å². The molecule has 0 unspecified atom stereocenters. The first kappa shape index (κ1) is 13.1. The third kappa shape index (κ3) is 3.55. The molecule has 0 radical (unpaired) electrons. The highest BCUT2D eigenvalue weighted by molar-refractivity contribution is 7.80. The van der Waals surface area contributed by atoms with Gasteiger partial charge in [0.15, 0.2) is 0 Å². The topological polar surface area (TPSA) is 98.7 Å². The molecule has 2 heterocycles. The van der Waals surface area contributed by atoms with Crippen LogP contribution >= 0.6 is 12.2 Å². The first-order chi connectivity index (χ1) is 9.16. The Bertz CT molecular complexity index is 565. The fourth-order valence-corrected chi connectivity index (χ4v) is 1.52. The van der Waals surface area contributed by atoms with E-state index in [0.29, 0.717) is 24.3 Å². The van der Waals surface area contributed by atoms with Gasteiger partial charge in [-0.15, -0.1) is 5.10 Å². The van der Waals surface area contributed by atoms with Gasteiger partial charge in [-0.25, -0.2) is 0 Å². The minimum Gasteiger partial charge on any atom is -0.389 e. The molecule has 0 aromatic carbocycles. The maximum absolute atomic E-state index is 11.8. The molecule has 0 atom stereocenters. The normalized spacial score (nSPS) is 10.1. The molecular formula is C11H12N6OS. The second kappa shape index (κ2) is 6.01. The van der Waals surface area contributed by atoms with Gasteiger partial charge < -0.3 is 11.1 Å². The predicted molar refractivity (Wildman–Crippen MR) is 72.5 cm³/mol. The summed E-state index contributed by atoms with van der Waals surface area (Å²) in [5, 5.41) is 10.2. The predicted octanol–water partition coefficient (Wildman–Crippen LogP) is -0.263. The minimum atomic E-state index is -0.255. The van der Waals surface area contributed by atoms with E-state index in [9.17, 15) is 4.79 Å². The number of amides is 1. The van der Waals surface area contributed by atoms with Crippen molar-refractivity contribution < 1.29 is 4.79 Å². The van der Waals surface area contributed by atoms with Crippen LogP contribution < -0.4 is 11.1 Å². The first-order valence-corrected chi connectivity index (χ1v) is 5.96. The number of pyridine rings is 1. The molecule has 98 valence electrons. The quantitative estimate of drug-likeness (QED) is 0.730. The number of nitrogens with zero attached hydrogens (tertiary/aromatic N) is 4. The fraction of sp³-hybridized carbons (Fsp3) is 0.182. The lowest BCUT2D eigenvalue weighted by Gasteiger charge is -2.05. The molecular weight excluding hydrogens is 264 g/mol. The van der Waals surface area contributed by atoms with Crippen molar-refractivity contribution in [3.63, 3.8) is 0 Å². The second-order valence-corrected chi connectivity index (χ2v) is 4.16. The maximum atomic E-state index is 11.8. The van der Waals surface area contributed by atoms with Crippen molar-refractivity contribution in [3.8, 4) is 0 Å². The Morgan fingerprint density at radius 3 is 2.89 bits per heavy atom. The zero-order valence-corrected chi connectivity index (χ0v) is 10.8. The summed E-state index contributed by atoms with van der Waals surface area (Å²) < 4.78 is 1.63. The van der Waals surface area contributed by atoms with Crippen LogP contribution in [-0.4, -0.2) is 37.4 Å². The third-order valence-corrected chi connectivity index (χ3v) is 2.61. The minimum absolute atomic E-state index is 0.255. The maximum Gasteiger partial charge on any atom is 0.269 e. The molecule has 0 aliphatic rings. The molecule has 0 aliphatic carbocycles. The zero-order chi connectivity index (χ0) is 13.7. The molecule has 3 N–H and O–H groups in total. The zero-order valence-electron chi connectivity index (χ0n) is 9.98. The highest BCUT2D eigenvalue weighted by Crippen LogP contribution is 2.00. The van der Waals surface area contributed by atoms with Crippen LogP contribution in [-0.2, 0) is 6.54 Å². The molecule has 0 aliphatic heterocycles. The number of hydrogen-bond donors (Lipinski definition) is 2. The van der Waals surface area contributed by atoms with Gasteiger partial charge in [0, 0.05) is 24.5 Å². The standard InChI is InChI=1S/C11H12N6OS/c12-10(19)8-1-2-9(14-7-8)11(18)13-3-5-17-6-4-15-16-17/h1-2,4,6-7H,3,5H2,(H2,12,19)(H,13,18). The van der Waals surface area contributed by atoms with Gasteiger partial charge in [-0.1, -0.05) is 17.4 Å². The lowest BCUT2D eigenvalue weighted by atomic mass is 10.2. The number of hydrogen-bond acceptors (Lipinski definition) is 5. The van der Waals surface area contributed by atoms with Crippen molar-refractivity contribution in [1.29, 1.82) is 0 Å². The van der Waals surface area contributed by atoms with E-state index < -0.39 is 0 Å². The third-order valence-electron chi connectivity index (χ3n) is 2.38. The van der Waals surface area contributed by atoms with E-state index in [-0.39, 0.29) is 10.9 Å². The van der Waals surface area contributed by atoms with E-state index in [0.717, 1.165) is 0 Å². The summed E-state index contributed by atoms with van der Waals surface area (Å²) >= 11 is 4.81. The molecule has 0 saturated carbocycles. The van der Waals surface area contributed by atoms with E-state index in [1.54, 1.807) is 29.2 Å². The van der Waals surface area contributed by atoms with E-state index in [2.05, 4.69) is 20.6 Å². The van der Waals surface area contributed by atoms with Crippen molar-refractivity contribution in [1.82, 2.24) is 25.3 Å². The molecule has 0 bridgehead atoms. The second-order valence-electron chi connectivity index (χ2n) is 3.72. The first-order valence-electron chi connectivity index (χ1n) is 5.55. The van der Waals surface area contributed by atoms with Crippen molar-refractivity contribution >= 4 is 23.1 Å². The highest BCUT2D eigenvalue weighted by Gasteiger charge is 2.07. The number of carbonyl (C=O) groups is 1. The Hall–Kier alpha value is -2.35. The van der Waals surface area contributed by atoms with Gasteiger partial charge >= 0.3 is 0 Å². The molecule has 0 saturated heterocycles. The Morgan fingerprint density at radius 2 is 2.32 bits per heavy atom. The Balaban J connectivity index is 1.87. The molecule has 1 amide bonds. The number of nitrogens with two attached hydrogens (primary N) is 1. The van der Waals surface area contributed by atoms with E-state index in [1.165, 1.54) is 6.20 Å². The average molecular weight is 276 g/mol. The average Bonchev–Trinajstić information content (AvgIpc) is 2.92. The summed E-state index contributed by atoms with van der Waals surface area (Å²) in [6.45, 7) is 0.998. The summed E-state index contributed by atoms with van der Waals surface area (Å²) in [4.78, 5) is 16.0. The summed E-state index contributed by atoms with van der Waals surface area (Å²) in [6.07, 6.45) is 4.79. The monoisotopic (exact) mass is 276 g/mol. The largest absolute Gasteiger partial charge is 0.389 e. The molecule has 2 aromatic rings. The smallest absolute Gasteiger partial charge is 0.269 e. The van der Waals surface area contributed by atoms with Gasteiger partial charge in [-0.05, 0) is 12.1 Å². The van der Waals surface area contributed by atoms with Crippen molar-refractivity contribution in [3.05, 3.63) is 42.0 Å². The summed E-state index contributed by atoms with van der Waals surface area (Å²) in [7, 11) is 0. The number of carbonyl (C=O) groups excluding carboxylic acids is 1. The van der Waals surface area contributed by atoms with Crippen LogP contribution in [0.5, 0.6) is 0 Å².